The van der Waals surface area contributed by atoms with Crippen molar-refractivity contribution in [3.63, 3.8) is 0 Å². The predicted molar refractivity (Wildman–Crippen MR) is 187 cm³/mol. The normalized spacial score (nSPS) is 11.2. The Morgan fingerprint density at radius 2 is 1.27 bits per heavy atom. The molecular weight excluding hydrogens is 663 g/mol. The Labute approximate surface area is 291 Å². The number of carbonyl (C=O) groups excluding carboxylic acids is 2. The van der Waals surface area contributed by atoms with Gasteiger partial charge in [-0.2, -0.15) is 13.2 Å². The number of alkyl halides is 3. The Hall–Kier alpha value is -6.63. The monoisotopic (exact) mass is 697 g/mol. The first-order valence-corrected chi connectivity index (χ1v) is 15.4. The van der Waals surface area contributed by atoms with E-state index in [9.17, 15) is 22.8 Å². The number of nitrogens with zero attached hydrogens (tertiary/aromatic N) is 1. The molecule has 0 saturated carbocycles. The Bertz CT molecular complexity index is 1920. The van der Waals surface area contributed by atoms with Gasteiger partial charge in [-0.25, -0.2) is 9.79 Å². The van der Waals surface area contributed by atoms with Crippen LogP contribution in [0.25, 0.3) is 11.1 Å². The van der Waals surface area contributed by atoms with Crippen LogP contribution in [0.2, 0.25) is 0 Å². The molecule has 10 nitrogen and oxygen atoms in total. The zero-order chi connectivity index (χ0) is 36.8. The van der Waals surface area contributed by atoms with Crippen molar-refractivity contribution >= 4 is 29.4 Å². The number of halogens is 3. The summed E-state index contributed by atoms with van der Waals surface area (Å²) in [5.74, 6) is -2.86. The van der Waals surface area contributed by atoms with Crippen molar-refractivity contribution in [1.29, 1.82) is 0 Å². The number of benzene rings is 5. The number of amides is 2. The number of ether oxygens (including phenoxy) is 1. The van der Waals surface area contributed by atoms with Gasteiger partial charge in [0.05, 0.1) is 5.69 Å². The number of hydrogen-bond acceptors (Lipinski definition) is 5. The minimum absolute atomic E-state index is 0.0316. The average Bonchev–Trinajstić information content (AvgIpc) is 3.13. The van der Waals surface area contributed by atoms with Crippen molar-refractivity contribution in [2.45, 2.75) is 25.4 Å². The molecule has 51 heavy (non-hydrogen) atoms. The molecule has 0 heterocycles. The van der Waals surface area contributed by atoms with E-state index in [1.165, 1.54) is 0 Å². The van der Waals surface area contributed by atoms with Gasteiger partial charge < -0.3 is 31.9 Å². The van der Waals surface area contributed by atoms with E-state index < -0.39 is 18.2 Å². The number of carbonyl (C=O) groups is 3. The van der Waals surface area contributed by atoms with E-state index >= 15 is 0 Å². The van der Waals surface area contributed by atoms with Gasteiger partial charge in [-0.05, 0) is 64.2 Å². The number of aliphatic carboxylic acids is 1. The van der Waals surface area contributed by atoms with Crippen LogP contribution in [0.4, 0.5) is 18.9 Å². The van der Waals surface area contributed by atoms with Crippen LogP contribution in [0.5, 0.6) is 5.75 Å². The fraction of sp³-hybridized carbons (Fsp3) is 0.105. The van der Waals surface area contributed by atoms with E-state index in [0.29, 0.717) is 29.2 Å². The molecule has 5 aromatic carbocycles. The molecule has 0 fully saturated rings. The first kappa shape index (κ1) is 37.2. The summed E-state index contributed by atoms with van der Waals surface area (Å²) < 4.78 is 37.6. The summed E-state index contributed by atoms with van der Waals surface area (Å²) in [7, 11) is 0. The zero-order valence-corrected chi connectivity index (χ0v) is 27.0. The first-order valence-electron chi connectivity index (χ1n) is 15.4. The fourth-order valence-electron chi connectivity index (χ4n) is 4.59. The number of nitrogens with two attached hydrogens (primary N) is 2. The van der Waals surface area contributed by atoms with E-state index in [2.05, 4.69) is 15.6 Å². The topological polar surface area (TPSA) is 169 Å². The van der Waals surface area contributed by atoms with Crippen molar-refractivity contribution in [3.05, 3.63) is 156 Å². The molecule has 0 spiro atoms. The van der Waals surface area contributed by atoms with Crippen molar-refractivity contribution in [3.8, 4) is 16.9 Å². The molecule has 2 amide bonds. The number of hydrogen-bond donors (Lipinski definition) is 5. The van der Waals surface area contributed by atoms with Crippen LogP contribution < -0.4 is 26.8 Å². The maximum Gasteiger partial charge on any atom is 0.490 e. The molecule has 1 atom stereocenters. The van der Waals surface area contributed by atoms with Gasteiger partial charge in [-0.1, -0.05) is 97.1 Å². The third-order valence-electron chi connectivity index (χ3n) is 7.16. The summed E-state index contributed by atoms with van der Waals surface area (Å²) in [6.07, 6.45) is -5.08. The predicted octanol–water partition coefficient (Wildman–Crippen LogP) is 6.26. The summed E-state index contributed by atoms with van der Waals surface area (Å²) in [6, 6.07) is 40.4. The lowest BCUT2D eigenvalue weighted by Crippen LogP contribution is -2.40. The van der Waals surface area contributed by atoms with E-state index in [-0.39, 0.29) is 24.3 Å². The molecule has 0 aliphatic rings. The van der Waals surface area contributed by atoms with Crippen molar-refractivity contribution in [2.75, 3.05) is 0 Å². The largest absolute Gasteiger partial charge is 0.490 e. The van der Waals surface area contributed by atoms with Crippen molar-refractivity contribution < 1.29 is 37.4 Å². The van der Waals surface area contributed by atoms with Gasteiger partial charge in [0.1, 0.15) is 18.4 Å². The van der Waals surface area contributed by atoms with Crippen LogP contribution >= 0.6 is 0 Å². The molecule has 262 valence electrons. The minimum Gasteiger partial charge on any atom is -0.489 e. The maximum absolute atomic E-state index is 13.5. The van der Waals surface area contributed by atoms with Crippen LogP contribution in [0.15, 0.2) is 138 Å². The molecule has 0 saturated heterocycles. The molecule has 0 aromatic heterocycles. The SMILES string of the molecule is NC(N)=Nc1ccc(CNC(=O)[C@@H](NC(=O)c2ccc(-c3ccccc3)cc2)c2ccc(OCc3ccccc3)cc2)cc1.O=C(O)C(F)(F)F. The first-order chi connectivity index (χ1) is 24.4. The quantitative estimate of drug-likeness (QED) is 0.0802. The molecule has 13 heteroatoms. The van der Waals surface area contributed by atoms with Crippen LogP contribution in [0, 0.1) is 0 Å². The number of carboxylic acid groups (broad SMARTS) is 1. The summed E-state index contributed by atoms with van der Waals surface area (Å²) in [4.78, 5) is 39.8. The summed E-state index contributed by atoms with van der Waals surface area (Å²) >= 11 is 0. The highest BCUT2D eigenvalue weighted by molar-refractivity contribution is 5.98. The summed E-state index contributed by atoms with van der Waals surface area (Å²) in [5.41, 5.74) is 16.5. The number of carboxylic acids is 1. The Morgan fingerprint density at radius 3 is 1.82 bits per heavy atom. The number of guanidine groups is 1. The second-order valence-electron chi connectivity index (χ2n) is 10.9. The van der Waals surface area contributed by atoms with Crippen LogP contribution in [0.3, 0.4) is 0 Å². The molecule has 7 N–H and O–H groups in total. The Morgan fingerprint density at radius 1 is 0.725 bits per heavy atom. The van der Waals surface area contributed by atoms with Crippen LogP contribution in [-0.2, 0) is 22.7 Å². The van der Waals surface area contributed by atoms with Gasteiger partial charge in [0, 0.05) is 12.1 Å². The van der Waals surface area contributed by atoms with Gasteiger partial charge in [0.2, 0.25) is 5.91 Å². The lowest BCUT2D eigenvalue weighted by molar-refractivity contribution is -0.192. The average molecular weight is 698 g/mol. The molecule has 0 aliphatic heterocycles. The van der Waals surface area contributed by atoms with Crippen LogP contribution in [0.1, 0.15) is 33.1 Å². The highest BCUT2D eigenvalue weighted by Crippen LogP contribution is 2.23. The van der Waals surface area contributed by atoms with Gasteiger partial charge in [0.15, 0.2) is 5.96 Å². The highest BCUT2D eigenvalue weighted by atomic mass is 19.4. The fourth-order valence-corrected chi connectivity index (χ4v) is 4.59. The minimum atomic E-state index is -5.08. The Kier molecular flexibility index (Phi) is 12.9. The highest BCUT2D eigenvalue weighted by Gasteiger charge is 2.38. The molecule has 5 aromatic rings. The third kappa shape index (κ3) is 11.8. The standard InChI is InChI=1S/C36H33N5O3.C2HF3O2/c37-36(38)40-31-19-11-25(12-20-31)23-39-35(43)33(29-17-21-32(22-18-29)44-24-26-7-3-1-4-8-26)41-34(42)30-15-13-28(14-16-30)27-9-5-2-6-10-27;3-2(4,5)1(6)7/h1-22,33H,23-24H2,(H,39,43)(H,41,42)(H4,37,38,40);(H,6,7)/t33-;/m0./s1. The third-order valence-corrected chi connectivity index (χ3v) is 7.16. The van der Waals surface area contributed by atoms with Crippen molar-refractivity contribution in [1.82, 2.24) is 10.6 Å². The Balaban J connectivity index is 0.000000755. The lowest BCUT2D eigenvalue weighted by Gasteiger charge is -2.20. The maximum atomic E-state index is 13.5. The number of rotatable bonds is 11. The molecule has 0 aliphatic carbocycles. The number of aliphatic imine (C=N–C) groups is 1. The van der Waals surface area contributed by atoms with E-state index in [1.54, 1.807) is 48.5 Å². The van der Waals surface area contributed by atoms with E-state index in [4.69, 9.17) is 26.1 Å². The smallest absolute Gasteiger partial charge is 0.489 e. The summed E-state index contributed by atoms with van der Waals surface area (Å²) in [5, 5.41) is 13.0. The zero-order valence-electron chi connectivity index (χ0n) is 27.0. The van der Waals surface area contributed by atoms with Crippen molar-refractivity contribution in [2.24, 2.45) is 16.5 Å². The second-order valence-corrected chi connectivity index (χ2v) is 10.9. The van der Waals surface area contributed by atoms with Gasteiger partial charge >= 0.3 is 12.1 Å². The molecule has 0 radical (unpaired) electrons. The van der Waals surface area contributed by atoms with Gasteiger partial charge in [0.25, 0.3) is 5.91 Å². The molecule has 0 unspecified atom stereocenters. The van der Waals surface area contributed by atoms with E-state index in [0.717, 1.165) is 22.3 Å². The second kappa shape index (κ2) is 17.7. The lowest BCUT2D eigenvalue weighted by atomic mass is 10.0. The van der Waals surface area contributed by atoms with Gasteiger partial charge in [-0.3, -0.25) is 9.59 Å². The van der Waals surface area contributed by atoms with Gasteiger partial charge in [-0.15, -0.1) is 0 Å². The van der Waals surface area contributed by atoms with Crippen LogP contribution in [-0.4, -0.2) is 35.0 Å². The summed E-state index contributed by atoms with van der Waals surface area (Å²) in [6.45, 7) is 0.666. The molecule has 5 rings (SSSR count). The number of nitrogens with one attached hydrogen (secondary N) is 2. The molecular formula is C38H34F3N5O5. The molecule has 0 bridgehead atoms. The van der Waals surface area contributed by atoms with E-state index in [1.807, 2.05) is 84.9 Å².